The maximum absolute atomic E-state index is 14.1. The van der Waals surface area contributed by atoms with E-state index in [4.69, 9.17) is 0 Å². The molecule has 2 rings (SSSR count). The van der Waals surface area contributed by atoms with E-state index in [9.17, 15) is 18.4 Å². The molecule has 0 saturated carbocycles. The summed E-state index contributed by atoms with van der Waals surface area (Å²) in [6.07, 6.45) is 6.82. The number of carbonyl (C=O) groups excluding carboxylic acids is 2. The second-order valence-corrected chi connectivity index (χ2v) is 6.55. The Kier molecular flexibility index (Phi) is 6.47. The molecule has 1 fully saturated rings. The van der Waals surface area contributed by atoms with Crippen molar-refractivity contribution < 1.29 is 18.4 Å². The molecule has 1 saturated heterocycles. The molecule has 24 heavy (non-hydrogen) atoms. The van der Waals surface area contributed by atoms with Crippen molar-refractivity contribution in [2.75, 3.05) is 25.1 Å². The number of hydrogen-bond acceptors (Lipinski definition) is 5. The lowest BCUT2D eigenvalue weighted by Crippen LogP contribution is -2.52. The summed E-state index contributed by atoms with van der Waals surface area (Å²) in [4.78, 5) is 32.7. The van der Waals surface area contributed by atoms with Crippen LogP contribution in [0.5, 0.6) is 0 Å². The molecule has 2 amide bonds. The van der Waals surface area contributed by atoms with Crippen molar-refractivity contribution >= 4 is 23.6 Å². The van der Waals surface area contributed by atoms with Gasteiger partial charge in [0.1, 0.15) is 5.69 Å². The van der Waals surface area contributed by atoms with E-state index < -0.39 is 23.6 Å². The molecule has 132 valence electrons. The van der Waals surface area contributed by atoms with Gasteiger partial charge in [-0.2, -0.15) is 20.5 Å². The highest BCUT2D eigenvalue weighted by Crippen LogP contribution is 2.26. The minimum Gasteiger partial charge on any atom is -0.346 e. The summed E-state index contributed by atoms with van der Waals surface area (Å²) in [5.74, 6) is -4.45. The Hall–Kier alpha value is -1.77. The quantitative estimate of drug-likeness (QED) is 0.833. The number of nitrogens with one attached hydrogen (secondary N) is 1. The number of likely N-dealkylation sites (tertiary alicyclic amines) is 1. The Morgan fingerprint density at radius 3 is 2.92 bits per heavy atom. The van der Waals surface area contributed by atoms with E-state index in [2.05, 4.69) is 15.3 Å². The zero-order chi connectivity index (χ0) is 17.6. The lowest BCUT2D eigenvalue weighted by molar-refractivity contribution is -0.149. The lowest BCUT2D eigenvalue weighted by Gasteiger charge is -2.33. The number of halogens is 2. The maximum atomic E-state index is 14.1. The van der Waals surface area contributed by atoms with E-state index >= 15 is 0 Å². The average molecular weight is 358 g/mol. The zero-order valence-electron chi connectivity index (χ0n) is 13.4. The number of carbonyl (C=O) groups is 2. The standard InChI is InChI=1S/C15H20F2N4O2S/c1-24-8-4-13(22)21-7-2-3-11(10-21)20-14(23)15(16,17)12-9-18-5-6-19-12/h5-6,9,11H,2-4,7-8,10H2,1H3,(H,20,23)/t11-/m0/s1. The van der Waals surface area contributed by atoms with E-state index in [1.54, 1.807) is 16.7 Å². The largest absolute Gasteiger partial charge is 0.367 e. The Morgan fingerprint density at radius 2 is 2.25 bits per heavy atom. The summed E-state index contributed by atoms with van der Waals surface area (Å²) in [6, 6.07) is -0.480. The van der Waals surface area contributed by atoms with Gasteiger partial charge >= 0.3 is 5.92 Å². The summed E-state index contributed by atoms with van der Waals surface area (Å²) in [6.45, 7) is 0.857. The highest BCUT2D eigenvalue weighted by molar-refractivity contribution is 7.98. The number of thioether (sulfide) groups is 1. The fraction of sp³-hybridized carbons (Fsp3) is 0.600. The normalized spacial score (nSPS) is 18.3. The molecule has 0 aromatic carbocycles. The monoisotopic (exact) mass is 358 g/mol. The van der Waals surface area contributed by atoms with Gasteiger partial charge in [0, 0.05) is 43.7 Å². The van der Waals surface area contributed by atoms with Crippen molar-refractivity contribution in [3.63, 3.8) is 0 Å². The first-order valence-electron chi connectivity index (χ1n) is 7.67. The predicted octanol–water partition coefficient (Wildman–Crippen LogP) is 1.43. The van der Waals surface area contributed by atoms with Gasteiger partial charge in [0.2, 0.25) is 5.91 Å². The van der Waals surface area contributed by atoms with E-state index in [1.807, 2.05) is 6.26 Å². The van der Waals surface area contributed by atoms with Crippen LogP contribution in [0.3, 0.4) is 0 Å². The number of hydrogen-bond donors (Lipinski definition) is 1. The first-order valence-corrected chi connectivity index (χ1v) is 9.06. The minimum absolute atomic E-state index is 0.0102. The second-order valence-electron chi connectivity index (χ2n) is 5.56. The summed E-state index contributed by atoms with van der Waals surface area (Å²) in [7, 11) is 0. The van der Waals surface area contributed by atoms with Gasteiger partial charge in [-0.25, -0.2) is 0 Å². The van der Waals surface area contributed by atoms with Gasteiger partial charge in [-0.05, 0) is 19.1 Å². The molecule has 0 aliphatic carbocycles. The highest BCUT2D eigenvalue weighted by Gasteiger charge is 2.44. The van der Waals surface area contributed by atoms with Crippen molar-refractivity contribution in [3.05, 3.63) is 24.3 Å². The summed E-state index contributed by atoms with van der Waals surface area (Å²) >= 11 is 1.58. The van der Waals surface area contributed by atoms with Crippen LogP contribution in [0.1, 0.15) is 25.0 Å². The first-order chi connectivity index (χ1) is 11.4. The van der Waals surface area contributed by atoms with Crippen LogP contribution in [0.2, 0.25) is 0 Å². The summed E-state index contributed by atoms with van der Waals surface area (Å²) in [5, 5.41) is 2.34. The van der Waals surface area contributed by atoms with Crippen molar-refractivity contribution in [1.82, 2.24) is 20.2 Å². The van der Waals surface area contributed by atoms with Crippen LogP contribution >= 0.6 is 11.8 Å². The van der Waals surface area contributed by atoms with Crippen molar-refractivity contribution in [3.8, 4) is 0 Å². The minimum atomic E-state index is -3.75. The third kappa shape index (κ3) is 4.62. The summed E-state index contributed by atoms with van der Waals surface area (Å²) < 4.78 is 28.3. The van der Waals surface area contributed by atoms with Crippen LogP contribution in [0.25, 0.3) is 0 Å². The van der Waals surface area contributed by atoms with Crippen LogP contribution in [0.15, 0.2) is 18.6 Å². The molecule has 0 spiro atoms. The molecule has 1 aliphatic heterocycles. The SMILES string of the molecule is CSCCC(=O)N1CCC[C@H](NC(=O)C(F)(F)c2cnccn2)C1. The van der Waals surface area contributed by atoms with Crippen molar-refractivity contribution in [2.45, 2.75) is 31.2 Å². The van der Waals surface area contributed by atoms with E-state index in [-0.39, 0.29) is 12.5 Å². The maximum Gasteiger partial charge on any atom is 0.367 e. The Balaban J connectivity index is 1.95. The van der Waals surface area contributed by atoms with Gasteiger partial charge in [-0.15, -0.1) is 0 Å². The molecule has 1 aromatic heterocycles. The number of nitrogens with zero attached hydrogens (tertiary/aromatic N) is 3. The van der Waals surface area contributed by atoms with Gasteiger partial charge in [0.05, 0.1) is 6.20 Å². The fourth-order valence-corrected chi connectivity index (χ4v) is 2.90. The van der Waals surface area contributed by atoms with E-state index in [0.717, 1.165) is 18.1 Å². The van der Waals surface area contributed by atoms with E-state index in [1.165, 1.54) is 6.20 Å². The lowest BCUT2D eigenvalue weighted by atomic mass is 10.0. The summed E-state index contributed by atoms with van der Waals surface area (Å²) in [5.41, 5.74) is -0.689. The van der Waals surface area contributed by atoms with Gasteiger partial charge < -0.3 is 10.2 Å². The molecule has 6 nitrogen and oxygen atoms in total. The third-order valence-corrected chi connectivity index (χ3v) is 4.41. The molecule has 1 aliphatic rings. The fourth-order valence-electron chi connectivity index (χ4n) is 2.52. The predicted molar refractivity (Wildman–Crippen MR) is 86.7 cm³/mol. The van der Waals surface area contributed by atoms with Crippen LogP contribution in [0.4, 0.5) is 8.78 Å². The second kappa shape index (κ2) is 8.36. The van der Waals surface area contributed by atoms with Gasteiger partial charge in [-0.3, -0.25) is 19.6 Å². The topological polar surface area (TPSA) is 75.2 Å². The molecule has 0 radical (unpaired) electrons. The Morgan fingerprint density at radius 1 is 1.46 bits per heavy atom. The molecular weight excluding hydrogens is 338 g/mol. The Labute approximate surface area is 143 Å². The molecule has 1 N–H and O–H groups in total. The number of aromatic nitrogens is 2. The average Bonchev–Trinajstić information content (AvgIpc) is 2.60. The number of piperidine rings is 1. The smallest absolute Gasteiger partial charge is 0.346 e. The molecule has 1 aromatic rings. The zero-order valence-corrected chi connectivity index (χ0v) is 14.2. The van der Waals surface area contributed by atoms with Crippen molar-refractivity contribution in [1.29, 1.82) is 0 Å². The number of amides is 2. The van der Waals surface area contributed by atoms with Gasteiger partial charge in [-0.1, -0.05) is 0 Å². The van der Waals surface area contributed by atoms with Crippen LogP contribution in [-0.4, -0.2) is 57.8 Å². The first kappa shape index (κ1) is 18.6. The molecule has 0 unspecified atom stereocenters. The third-order valence-electron chi connectivity index (χ3n) is 3.80. The van der Waals surface area contributed by atoms with Gasteiger partial charge in [0.25, 0.3) is 5.91 Å². The van der Waals surface area contributed by atoms with Crippen LogP contribution < -0.4 is 5.32 Å². The van der Waals surface area contributed by atoms with Crippen molar-refractivity contribution in [2.24, 2.45) is 0 Å². The molecule has 0 bridgehead atoms. The van der Waals surface area contributed by atoms with Crippen LogP contribution in [0, 0.1) is 0 Å². The highest BCUT2D eigenvalue weighted by atomic mass is 32.2. The van der Waals surface area contributed by atoms with Gasteiger partial charge in [0.15, 0.2) is 0 Å². The Bertz CT molecular complexity index is 574. The molecule has 1 atom stereocenters. The number of alkyl halides is 2. The van der Waals surface area contributed by atoms with Crippen LogP contribution in [-0.2, 0) is 15.5 Å². The number of rotatable bonds is 6. The molecular formula is C15H20F2N4O2S. The van der Waals surface area contributed by atoms with E-state index in [0.29, 0.717) is 25.8 Å². The molecule has 2 heterocycles. The molecule has 9 heteroatoms.